The molecule has 174 valence electrons. The highest BCUT2D eigenvalue weighted by Crippen LogP contribution is 2.31. The van der Waals surface area contributed by atoms with Crippen LogP contribution in [-0.4, -0.2) is 66.6 Å². The molecule has 1 aromatic carbocycles. The lowest BCUT2D eigenvalue weighted by Crippen LogP contribution is -2.53. The van der Waals surface area contributed by atoms with E-state index in [2.05, 4.69) is 16.0 Å². The molecule has 0 spiro atoms. The van der Waals surface area contributed by atoms with Gasteiger partial charge in [0.15, 0.2) is 0 Å². The van der Waals surface area contributed by atoms with Gasteiger partial charge in [-0.05, 0) is 49.7 Å². The molecule has 0 radical (unpaired) electrons. The van der Waals surface area contributed by atoms with Crippen molar-refractivity contribution in [3.8, 4) is 5.75 Å². The van der Waals surface area contributed by atoms with Crippen LogP contribution < -0.4 is 26.3 Å². The zero-order valence-corrected chi connectivity index (χ0v) is 18.0. The van der Waals surface area contributed by atoms with E-state index in [4.69, 9.17) is 10.4 Å². The van der Waals surface area contributed by atoms with Crippen molar-refractivity contribution in [1.29, 1.82) is 0 Å². The number of rotatable bonds is 10. The van der Waals surface area contributed by atoms with E-state index < -0.39 is 19.0 Å². The summed E-state index contributed by atoms with van der Waals surface area (Å²) >= 11 is 0. The predicted molar refractivity (Wildman–Crippen MR) is 118 cm³/mol. The summed E-state index contributed by atoms with van der Waals surface area (Å²) in [6, 6.07) is 5.20. The molecule has 2 aliphatic rings. The third kappa shape index (κ3) is 6.68. The van der Waals surface area contributed by atoms with Gasteiger partial charge in [0.2, 0.25) is 11.8 Å². The maximum atomic E-state index is 12.6. The van der Waals surface area contributed by atoms with Crippen molar-refractivity contribution in [2.75, 3.05) is 19.6 Å². The molecule has 1 atom stereocenters. The molecule has 10 nitrogen and oxygen atoms in total. The number of nitrogens with one attached hydrogen (secondary N) is 3. The lowest BCUT2D eigenvalue weighted by Gasteiger charge is -2.31. The molecule has 0 unspecified atom stereocenters. The van der Waals surface area contributed by atoms with Gasteiger partial charge in [-0.2, -0.15) is 0 Å². The van der Waals surface area contributed by atoms with Crippen molar-refractivity contribution in [2.24, 2.45) is 11.7 Å². The van der Waals surface area contributed by atoms with Crippen molar-refractivity contribution >= 4 is 24.9 Å². The van der Waals surface area contributed by atoms with Crippen LogP contribution in [0.5, 0.6) is 5.75 Å². The Morgan fingerprint density at radius 1 is 1.16 bits per heavy atom. The van der Waals surface area contributed by atoms with E-state index in [1.165, 1.54) is 6.07 Å². The second kappa shape index (κ2) is 11.3. The molecule has 1 saturated carbocycles. The molecule has 11 heteroatoms. The van der Waals surface area contributed by atoms with Gasteiger partial charge in [0.1, 0.15) is 5.75 Å². The van der Waals surface area contributed by atoms with Gasteiger partial charge in [-0.25, -0.2) is 4.79 Å². The van der Waals surface area contributed by atoms with Crippen LogP contribution in [0.4, 0.5) is 0 Å². The third-order valence-corrected chi connectivity index (χ3v) is 6.05. The Hall–Kier alpha value is -2.63. The first kappa shape index (κ1) is 24.0. The van der Waals surface area contributed by atoms with Crippen molar-refractivity contribution in [3.05, 3.63) is 29.3 Å². The van der Waals surface area contributed by atoms with Gasteiger partial charge < -0.3 is 36.5 Å². The standard InChI is InChI=1S/C21H31BN4O6/c23-18(27)12-24-8-9-25-15-6-4-13(5-7-15)10-19(28)26-17-11-14-2-1-3-16(21(29)30)20(14)32-22(17)31/h1-3,13,15,17,24-25,31H,4-12H2,(H2,23,27)(H,26,28)(H,29,30)/t13-,15-,17-/m0/s1. The number of amides is 2. The SMILES string of the molecule is NC(=O)CNCCN[C@H]1CC[C@H](CC(=O)N[C@H]2Cc3cccc(C(=O)O)c3OB2O)CC1. The summed E-state index contributed by atoms with van der Waals surface area (Å²) in [5.41, 5.74) is 5.73. The van der Waals surface area contributed by atoms with Crippen molar-refractivity contribution in [2.45, 2.75) is 50.5 Å². The summed E-state index contributed by atoms with van der Waals surface area (Å²) in [5.74, 6) is -1.80. The maximum Gasteiger partial charge on any atom is 0.547 e. The molecule has 3 rings (SSSR count). The Morgan fingerprint density at radius 2 is 1.91 bits per heavy atom. The highest BCUT2D eigenvalue weighted by Gasteiger charge is 2.38. The number of fused-ring (bicyclic) bond motifs is 1. The predicted octanol–water partition coefficient (Wildman–Crippen LogP) is -0.562. The van der Waals surface area contributed by atoms with Gasteiger partial charge in [-0.15, -0.1) is 0 Å². The quantitative estimate of drug-likeness (QED) is 0.206. The number of carbonyl (C=O) groups excluding carboxylic acids is 2. The van der Waals surface area contributed by atoms with E-state index in [1.807, 2.05) is 0 Å². The Balaban J connectivity index is 1.40. The summed E-state index contributed by atoms with van der Waals surface area (Å²) in [5, 5.41) is 28.8. The number of nitrogens with two attached hydrogens (primary N) is 1. The molecule has 32 heavy (non-hydrogen) atoms. The van der Waals surface area contributed by atoms with Crippen LogP contribution in [0, 0.1) is 5.92 Å². The molecule has 7 N–H and O–H groups in total. The van der Waals surface area contributed by atoms with E-state index >= 15 is 0 Å². The minimum atomic E-state index is -1.30. The van der Waals surface area contributed by atoms with Gasteiger partial charge in [-0.3, -0.25) is 9.59 Å². The van der Waals surface area contributed by atoms with Crippen molar-refractivity contribution < 1.29 is 29.2 Å². The summed E-state index contributed by atoms with van der Waals surface area (Å²) in [6.45, 7) is 1.61. The molecule has 1 aromatic rings. The highest BCUT2D eigenvalue weighted by atomic mass is 16.5. The maximum absolute atomic E-state index is 12.6. The number of hydrogen-bond acceptors (Lipinski definition) is 7. The molecule has 0 saturated heterocycles. The highest BCUT2D eigenvalue weighted by molar-refractivity contribution is 6.47. The Labute approximate surface area is 187 Å². The second-order valence-corrected chi connectivity index (χ2v) is 8.50. The Morgan fingerprint density at radius 3 is 2.59 bits per heavy atom. The number of aromatic carboxylic acids is 1. The van der Waals surface area contributed by atoms with Gasteiger partial charge in [-0.1, -0.05) is 12.1 Å². The van der Waals surface area contributed by atoms with E-state index in [1.54, 1.807) is 12.1 Å². The topological polar surface area (TPSA) is 163 Å². The molecule has 1 aliphatic heterocycles. The molecular formula is C21H31BN4O6. The summed E-state index contributed by atoms with van der Waals surface area (Å²) in [6.07, 6.45) is 4.53. The minimum Gasteiger partial charge on any atom is -0.534 e. The molecule has 0 aromatic heterocycles. The zero-order valence-electron chi connectivity index (χ0n) is 18.0. The molecular weight excluding hydrogens is 415 g/mol. The summed E-state index contributed by atoms with van der Waals surface area (Å²) in [4.78, 5) is 34.6. The van der Waals surface area contributed by atoms with E-state index in [0.29, 0.717) is 31.0 Å². The van der Waals surface area contributed by atoms with Gasteiger partial charge >= 0.3 is 13.1 Å². The zero-order chi connectivity index (χ0) is 23.1. The van der Waals surface area contributed by atoms with Crippen LogP contribution >= 0.6 is 0 Å². The lowest BCUT2D eigenvalue weighted by molar-refractivity contribution is -0.122. The first-order chi connectivity index (χ1) is 15.3. The largest absolute Gasteiger partial charge is 0.547 e. The van der Waals surface area contributed by atoms with Crippen LogP contribution in [0.3, 0.4) is 0 Å². The molecule has 0 bridgehead atoms. The number of para-hydroxylation sites is 1. The first-order valence-electron chi connectivity index (χ1n) is 11.0. The molecule has 1 aliphatic carbocycles. The van der Waals surface area contributed by atoms with E-state index in [0.717, 1.165) is 32.2 Å². The van der Waals surface area contributed by atoms with Crippen LogP contribution in [0.25, 0.3) is 0 Å². The average Bonchev–Trinajstić information content (AvgIpc) is 2.74. The van der Waals surface area contributed by atoms with Crippen LogP contribution in [0.15, 0.2) is 18.2 Å². The smallest absolute Gasteiger partial charge is 0.534 e. The van der Waals surface area contributed by atoms with Gasteiger partial charge in [0, 0.05) is 25.6 Å². The average molecular weight is 446 g/mol. The number of primary amides is 1. The summed E-state index contributed by atoms with van der Waals surface area (Å²) in [7, 11) is -1.30. The number of carbonyl (C=O) groups is 3. The first-order valence-corrected chi connectivity index (χ1v) is 11.0. The van der Waals surface area contributed by atoms with Crippen molar-refractivity contribution in [3.63, 3.8) is 0 Å². The monoisotopic (exact) mass is 446 g/mol. The normalized spacial score (nSPS) is 22.5. The molecule has 2 amide bonds. The van der Waals surface area contributed by atoms with E-state index in [-0.39, 0.29) is 35.6 Å². The Kier molecular flexibility index (Phi) is 8.49. The minimum absolute atomic E-state index is 0.000320. The van der Waals surface area contributed by atoms with Gasteiger partial charge in [0.25, 0.3) is 0 Å². The van der Waals surface area contributed by atoms with Crippen LogP contribution in [0.2, 0.25) is 0 Å². The molecule has 1 fully saturated rings. The number of benzene rings is 1. The third-order valence-electron chi connectivity index (χ3n) is 6.05. The second-order valence-electron chi connectivity index (χ2n) is 8.50. The number of carboxylic acid groups (broad SMARTS) is 1. The fraction of sp³-hybridized carbons (Fsp3) is 0.571. The van der Waals surface area contributed by atoms with Crippen molar-refractivity contribution in [1.82, 2.24) is 16.0 Å². The van der Waals surface area contributed by atoms with E-state index in [9.17, 15) is 24.5 Å². The Bertz CT molecular complexity index is 831. The summed E-state index contributed by atoms with van der Waals surface area (Å²) < 4.78 is 5.43. The fourth-order valence-corrected chi connectivity index (χ4v) is 4.39. The number of carboxylic acids is 1. The molecule has 1 heterocycles. The fourth-order valence-electron chi connectivity index (χ4n) is 4.39. The van der Waals surface area contributed by atoms with Crippen LogP contribution in [0.1, 0.15) is 48.0 Å². The lowest BCUT2D eigenvalue weighted by atomic mass is 9.72. The van der Waals surface area contributed by atoms with Crippen LogP contribution in [-0.2, 0) is 16.0 Å². The van der Waals surface area contributed by atoms with Gasteiger partial charge in [0.05, 0.1) is 18.0 Å². The number of hydrogen-bond donors (Lipinski definition) is 6.